The van der Waals surface area contributed by atoms with Crippen molar-refractivity contribution in [2.45, 2.75) is 19.1 Å². The van der Waals surface area contributed by atoms with Crippen molar-refractivity contribution in [1.29, 1.82) is 0 Å². The molecule has 0 aliphatic carbocycles. The monoisotopic (exact) mass is 330 g/mol. The minimum absolute atomic E-state index is 0.323. The Kier molecular flexibility index (Phi) is 3.59. The van der Waals surface area contributed by atoms with Crippen LogP contribution < -0.4 is 5.32 Å². The molecular formula is C13H13F3N4OS. The molecule has 9 heteroatoms. The van der Waals surface area contributed by atoms with Crippen LogP contribution in [0.1, 0.15) is 16.1 Å². The van der Waals surface area contributed by atoms with Gasteiger partial charge in [-0.1, -0.05) is 0 Å². The number of alkyl halides is 3. The molecule has 0 bridgehead atoms. The molecule has 3 rings (SSSR count). The predicted molar refractivity (Wildman–Crippen MR) is 75.7 cm³/mol. The molecule has 0 saturated heterocycles. The van der Waals surface area contributed by atoms with Crippen LogP contribution in [0.3, 0.4) is 0 Å². The number of nitrogens with one attached hydrogen (secondary N) is 1. The maximum atomic E-state index is 12.9. The fourth-order valence-electron chi connectivity index (χ4n) is 2.41. The van der Waals surface area contributed by atoms with Crippen LogP contribution in [0.4, 0.5) is 23.7 Å². The lowest BCUT2D eigenvalue weighted by atomic mass is 10.1. The van der Waals surface area contributed by atoms with Crippen molar-refractivity contribution in [2.24, 2.45) is 7.05 Å². The average Bonchev–Trinajstić information content (AvgIpc) is 3.03. The van der Waals surface area contributed by atoms with Crippen LogP contribution in [0.5, 0.6) is 0 Å². The molecule has 118 valence electrons. The van der Waals surface area contributed by atoms with Crippen molar-refractivity contribution in [3.05, 3.63) is 33.8 Å². The van der Waals surface area contributed by atoms with Gasteiger partial charge in [0.15, 0.2) is 5.69 Å². The van der Waals surface area contributed by atoms with E-state index in [2.05, 4.69) is 10.4 Å². The fraction of sp³-hybridized carbons (Fsp3) is 0.385. The maximum absolute atomic E-state index is 12.9. The Balaban J connectivity index is 1.76. The lowest BCUT2D eigenvalue weighted by molar-refractivity contribution is -0.140. The minimum Gasteiger partial charge on any atom is -0.320 e. The molecule has 1 N–H and O–H groups in total. The highest BCUT2D eigenvalue weighted by Gasteiger charge is 2.38. The van der Waals surface area contributed by atoms with Gasteiger partial charge >= 0.3 is 12.2 Å². The molecule has 1 aliphatic rings. The Bertz CT molecular complexity index is 706. The Hall–Kier alpha value is -2.03. The number of rotatable bonds is 1. The zero-order chi connectivity index (χ0) is 15.9. The van der Waals surface area contributed by atoms with Crippen molar-refractivity contribution < 1.29 is 18.0 Å². The zero-order valence-electron chi connectivity index (χ0n) is 11.6. The summed E-state index contributed by atoms with van der Waals surface area (Å²) in [5.41, 5.74) is -0.360. The van der Waals surface area contributed by atoms with Gasteiger partial charge in [-0.05, 0) is 23.4 Å². The molecule has 0 atom stereocenters. The summed E-state index contributed by atoms with van der Waals surface area (Å²) in [6.07, 6.45) is -2.73. The van der Waals surface area contributed by atoms with Crippen molar-refractivity contribution in [3.63, 3.8) is 0 Å². The Labute approximate surface area is 128 Å². The first kappa shape index (κ1) is 14.9. The normalized spacial score (nSPS) is 14.8. The summed E-state index contributed by atoms with van der Waals surface area (Å²) in [4.78, 5) is 14.9. The largest absolute Gasteiger partial charge is 0.437 e. The van der Waals surface area contributed by atoms with E-state index >= 15 is 0 Å². The molecule has 3 heterocycles. The van der Waals surface area contributed by atoms with Gasteiger partial charge in [0.1, 0.15) is 0 Å². The van der Waals surface area contributed by atoms with E-state index in [1.165, 1.54) is 16.8 Å². The fourth-order valence-corrected chi connectivity index (χ4v) is 3.30. The molecule has 0 saturated carbocycles. The second-order valence-corrected chi connectivity index (χ2v) is 6.03. The number of aryl methyl sites for hydroxylation is 1. The van der Waals surface area contributed by atoms with E-state index in [0.29, 0.717) is 13.1 Å². The van der Waals surface area contributed by atoms with Gasteiger partial charge in [-0.25, -0.2) is 4.79 Å². The molecule has 0 unspecified atom stereocenters. The van der Waals surface area contributed by atoms with E-state index in [1.807, 2.05) is 11.4 Å². The number of carbonyl (C=O) groups is 1. The van der Waals surface area contributed by atoms with Gasteiger partial charge in [0, 0.05) is 31.2 Å². The Morgan fingerprint density at radius 3 is 2.95 bits per heavy atom. The lowest BCUT2D eigenvalue weighted by Gasteiger charge is -2.27. The van der Waals surface area contributed by atoms with Crippen LogP contribution in [0, 0.1) is 0 Å². The molecule has 1 aliphatic heterocycles. The van der Waals surface area contributed by atoms with Gasteiger partial charge in [0.05, 0.1) is 5.69 Å². The van der Waals surface area contributed by atoms with Crippen LogP contribution in [-0.2, 0) is 26.2 Å². The van der Waals surface area contributed by atoms with Gasteiger partial charge in [-0.3, -0.25) is 4.68 Å². The summed E-state index contributed by atoms with van der Waals surface area (Å²) < 4.78 is 39.6. The topological polar surface area (TPSA) is 50.2 Å². The molecule has 5 nitrogen and oxygen atoms in total. The molecule has 2 aromatic heterocycles. The van der Waals surface area contributed by atoms with Gasteiger partial charge in [0.25, 0.3) is 0 Å². The highest BCUT2D eigenvalue weighted by atomic mass is 32.1. The number of anilines is 1. The average molecular weight is 330 g/mol. The first-order chi connectivity index (χ1) is 10.3. The first-order valence-electron chi connectivity index (χ1n) is 6.56. The Morgan fingerprint density at radius 2 is 2.23 bits per heavy atom. The third-order valence-corrected chi connectivity index (χ3v) is 4.46. The number of urea groups is 1. The molecule has 2 aromatic rings. The van der Waals surface area contributed by atoms with Crippen molar-refractivity contribution >= 4 is 23.1 Å². The van der Waals surface area contributed by atoms with Crippen LogP contribution >= 0.6 is 11.3 Å². The highest BCUT2D eigenvalue weighted by Crippen LogP contribution is 2.33. The van der Waals surface area contributed by atoms with Gasteiger partial charge in [-0.2, -0.15) is 18.3 Å². The summed E-state index contributed by atoms with van der Waals surface area (Å²) in [6.45, 7) is 0.896. The minimum atomic E-state index is -4.60. The number of aromatic nitrogens is 2. The van der Waals surface area contributed by atoms with Crippen molar-refractivity contribution in [3.8, 4) is 0 Å². The molecule has 0 spiro atoms. The zero-order valence-corrected chi connectivity index (χ0v) is 12.5. The van der Waals surface area contributed by atoms with Crippen molar-refractivity contribution in [1.82, 2.24) is 14.7 Å². The second-order valence-electron chi connectivity index (χ2n) is 5.03. The SMILES string of the molecule is Cn1cc(NC(=O)N2CCc3sccc3C2)c(C(F)(F)F)n1. The number of halogens is 3. The summed E-state index contributed by atoms with van der Waals surface area (Å²) in [5.74, 6) is 0. The van der Waals surface area contributed by atoms with Crippen molar-refractivity contribution in [2.75, 3.05) is 11.9 Å². The maximum Gasteiger partial charge on any atom is 0.437 e. The molecular weight excluding hydrogens is 317 g/mol. The Morgan fingerprint density at radius 1 is 1.45 bits per heavy atom. The number of hydrogen-bond donors (Lipinski definition) is 1. The summed E-state index contributed by atoms with van der Waals surface area (Å²) in [5, 5.41) is 7.64. The van der Waals surface area contributed by atoms with E-state index < -0.39 is 17.9 Å². The second kappa shape index (κ2) is 5.31. The van der Waals surface area contributed by atoms with Gasteiger partial charge in [-0.15, -0.1) is 11.3 Å². The number of carbonyl (C=O) groups excluding carboxylic acids is 1. The van der Waals surface area contributed by atoms with Crippen LogP contribution in [0.25, 0.3) is 0 Å². The molecule has 22 heavy (non-hydrogen) atoms. The molecule has 0 fully saturated rings. The lowest BCUT2D eigenvalue weighted by Crippen LogP contribution is -2.38. The van der Waals surface area contributed by atoms with Gasteiger partial charge in [0.2, 0.25) is 0 Å². The van der Waals surface area contributed by atoms with E-state index in [1.54, 1.807) is 11.3 Å². The van der Waals surface area contributed by atoms with Crippen LogP contribution in [-0.4, -0.2) is 27.3 Å². The number of thiophene rings is 1. The number of fused-ring (bicyclic) bond motifs is 1. The number of hydrogen-bond acceptors (Lipinski definition) is 3. The third kappa shape index (κ3) is 2.80. The standard InChI is InChI=1S/C13H13F3N4OS/c1-19-7-9(11(18-19)13(14,15)16)17-12(21)20-4-2-10-8(6-20)3-5-22-10/h3,5,7H,2,4,6H2,1H3,(H,17,21). The summed E-state index contributed by atoms with van der Waals surface area (Å²) in [7, 11) is 1.38. The predicted octanol–water partition coefficient (Wildman–Crippen LogP) is 3.09. The smallest absolute Gasteiger partial charge is 0.320 e. The number of amides is 2. The van der Waals surface area contributed by atoms with Gasteiger partial charge < -0.3 is 10.2 Å². The highest BCUT2D eigenvalue weighted by molar-refractivity contribution is 7.10. The van der Waals surface area contributed by atoms with E-state index in [0.717, 1.165) is 22.9 Å². The van der Waals surface area contributed by atoms with E-state index in [-0.39, 0.29) is 5.69 Å². The van der Waals surface area contributed by atoms with Crippen LogP contribution in [0.2, 0.25) is 0 Å². The van der Waals surface area contributed by atoms with E-state index in [4.69, 9.17) is 0 Å². The molecule has 0 aromatic carbocycles. The molecule has 0 radical (unpaired) electrons. The summed E-state index contributed by atoms with van der Waals surface area (Å²) in [6, 6.07) is 1.39. The third-order valence-electron chi connectivity index (χ3n) is 3.43. The quantitative estimate of drug-likeness (QED) is 0.873. The summed E-state index contributed by atoms with van der Waals surface area (Å²) >= 11 is 1.63. The van der Waals surface area contributed by atoms with E-state index in [9.17, 15) is 18.0 Å². The first-order valence-corrected chi connectivity index (χ1v) is 7.44. The molecule has 2 amide bonds. The van der Waals surface area contributed by atoms with Crippen LogP contribution in [0.15, 0.2) is 17.6 Å². The number of nitrogens with zero attached hydrogens (tertiary/aromatic N) is 3.